The van der Waals surface area contributed by atoms with Gasteiger partial charge in [0, 0.05) is 71.5 Å². The molecule has 0 bridgehead atoms. The van der Waals surface area contributed by atoms with Crippen LogP contribution in [-0.4, -0.2) is 28.7 Å². The van der Waals surface area contributed by atoms with Crippen molar-refractivity contribution >= 4 is 65.4 Å². The zero-order valence-corrected chi connectivity index (χ0v) is 44.8. The summed E-state index contributed by atoms with van der Waals surface area (Å²) in [6.07, 6.45) is 0. The van der Waals surface area contributed by atoms with Crippen LogP contribution in [0.1, 0.15) is 5.56 Å². The molecule has 4 heterocycles. The number of nitriles is 1. The Balaban J connectivity index is 0.993. The van der Waals surface area contributed by atoms with Crippen LogP contribution >= 0.6 is 0 Å². The highest BCUT2D eigenvalue weighted by atomic mass is 15.0. The van der Waals surface area contributed by atoms with Crippen LogP contribution in [0.25, 0.3) is 150 Å². The molecule has 7 nitrogen and oxygen atoms in total. The molecule has 0 N–H and O–H groups in total. The minimum atomic E-state index is 0.557. The fourth-order valence-electron chi connectivity index (χ4n) is 12.5. The minimum Gasteiger partial charge on any atom is -0.309 e. The Morgan fingerprint density at radius 2 is 0.602 bits per heavy atom. The molecule has 0 spiro atoms. The van der Waals surface area contributed by atoms with Crippen LogP contribution in [0.4, 0.5) is 0 Å². The highest BCUT2D eigenvalue weighted by Gasteiger charge is 2.25. The average molecular weight is 1060 g/mol. The van der Waals surface area contributed by atoms with Crippen LogP contribution in [0.5, 0.6) is 0 Å². The molecule has 386 valence electrons. The lowest BCUT2D eigenvalue weighted by molar-refractivity contribution is 1.07. The number of para-hydroxylation sites is 5. The van der Waals surface area contributed by atoms with Gasteiger partial charge in [0.15, 0.2) is 17.5 Å². The lowest BCUT2D eigenvalue weighted by atomic mass is 9.92. The molecular formula is C76H47N7. The molecule has 0 aliphatic heterocycles. The molecule has 7 heteroatoms. The van der Waals surface area contributed by atoms with E-state index in [2.05, 4.69) is 250 Å². The van der Waals surface area contributed by atoms with Crippen LogP contribution in [0.3, 0.4) is 0 Å². The predicted octanol–water partition coefficient (Wildman–Crippen LogP) is 19.0. The lowest BCUT2D eigenvalue weighted by Crippen LogP contribution is -2.04. The summed E-state index contributed by atoms with van der Waals surface area (Å²) < 4.78 is 7.19. The van der Waals surface area contributed by atoms with Crippen molar-refractivity contribution in [3.8, 4) is 90.7 Å². The third-order valence-corrected chi connectivity index (χ3v) is 16.3. The third kappa shape index (κ3) is 7.92. The van der Waals surface area contributed by atoms with E-state index >= 15 is 0 Å². The van der Waals surface area contributed by atoms with Gasteiger partial charge in [-0.2, -0.15) is 5.26 Å². The first-order chi connectivity index (χ1) is 41.1. The summed E-state index contributed by atoms with van der Waals surface area (Å²) in [5.74, 6) is 1.74. The van der Waals surface area contributed by atoms with Gasteiger partial charge in [0.1, 0.15) is 0 Å². The number of rotatable bonds is 9. The second-order valence-electron chi connectivity index (χ2n) is 21.1. The molecule has 0 unspecified atom stereocenters. The molecular weight excluding hydrogens is 1010 g/mol. The standard InChI is InChI=1S/C76H47N7/c77-48-49-18-17-23-54(44-49)55-38-43-72-66(45-55)63-28-11-16-33-71(63)83(72)73-64(50-34-39-57(40-35-50)81-67-29-12-7-24-59(67)60-25-8-13-30-68(60)81)46-56(76-79-74(52-19-3-1-4-20-52)78-75(80-76)53-21-5-2-6-22-53)47-65(73)51-36-41-58(42-37-51)82-69-31-14-9-26-61(69)62-27-10-15-32-70(62)82/h1-47H. The molecule has 0 amide bonds. The Morgan fingerprint density at radius 1 is 0.253 bits per heavy atom. The zero-order valence-electron chi connectivity index (χ0n) is 44.8. The van der Waals surface area contributed by atoms with E-state index in [-0.39, 0.29) is 0 Å². The summed E-state index contributed by atoms with van der Waals surface area (Å²) in [4.78, 5) is 15.9. The Bertz CT molecular complexity index is 4910. The number of nitrogens with zero attached hydrogens (tertiary/aromatic N) is 7. The lowest BCUT2D eigenvalue weighted by Gasteiger charge is -2.22. The molecule has 0 radical (unpaired) electrons. The van der Waals surface area contributed by atoms with Crippen molar-refractivity contribution in [2.75, 3.05) is 0 Å². The van der Waals surface area contributed by atoms with E-state index in [1.54, 1.807) is 0 Å². The summed E-state index contributed by atoms with van der Waals surface area (Å²) in [5, 5.41) is 17.0. The Kier molecular flexibility index (Phi) is 11.1. The second kappa shape index (κ2) is 19.4. The molecule has 0 fully saturated rings. The van der Waals surface area contributed by atoms with Crippen molar-refractivity contribution in [2.45, 2.75) is 0 Å². The molecule has 83 heavy (non-hydrogen) atoms. The van der Waals surface area contributed by atoms with Crippen molar-refractivity contribution in [2.24, 2.45) is 0 Å². The molecule has 4 aromatic heterocycles. The van der Waals surface area contributed by atoms with E-state index in [9.17, 15) is 5.26 Å². The smallest absolute Gasteiger partial charge is 0.164 e. The quantitative estimate of drug-likeness (QED) is 0.144. The van der Waals surface area contributed by atoms with Crippen LogP contribution in [0.2, 0.25) is 0 Å². The van der Waals surface area contributed by atoms with Gasteiger partial charge in [0.2, 0.25) is 0 Å². The number of aromatic nitrogens is 6. The van der Waals surface area contributed by atoms with Crippen molar-refractivity contribution in [1.29, 1.82) is 5.26 Å². The Hall–Kier alpha value is -11.5. The van der Waals surface area contributed by atoms with Gasteiger partial charge in [-0.3, -0.25) is 0 Å². The maximum Gasteiger partial charge on any atom is 0.164 e. The number of hydrogen-bond acceptors (Lipinski definition) is 4. The van der Waals surface area contributed by atoms with E-state index in [4.69, 9.17) is 15.0 Å². The van der Waals surface area contributed by atoms with Gasteiger partial charge in [-0.05, 0) is 113 Å². The second-order valence-corrected chi connectivity index (χ2v) is 21.1. The first kappa shape index (κ1) is 47.5. The monoisotopic (exact) mass is 1060 g/mol. The fourth-order valence-corrected chi connectivity index (χ4v) is 12.5. The number of hydrogen-bond donors (Lipinski definition) is 0. The fraction of sp³-hybridized carbons (Fsp3) is 0. The third-order valence-electron chi connectivity index (χ3n) is 16.3. The Morgan fingerprint density at radius 3 is 1.05 bits per heavy atom. The SMILES string of the molecule is N#Cc1cccc(-c2ccc3c(c2)c2ccccc2n3-c2c(-c3ccc(-n4c5ccccc5c5ccccc54)cc3)cc(-c3nc(-c4ccccc4)nc(-c4ccccc4)n3)cc2-c2ccc(-n3c4ccccc4c4ccccc43)cc2)c1. The molecule has 0 saturated heterocycles. The largest absolute Gasteiger partial charge is 0.309 e. The molecule has 16 rings (SSSR count). The van der Waals surface area contributed by atoms with Gasteiger partial charge < -0.3 is 13.7 Å². The summed E-state index contributed by atoms with van der Waals surface area (Å²) in [5.41, 5.74) is 19.2. The van der Waals surface area contributed by atoms with E-state index in [1.807, 2.05) is 54.6 Å². The van der Waals surface area contributed by atoms with E-state index in [0.717, 1.165) is 111 Å². The van der Waals surface area contributed by atoms with E-state index in [0.29, 0.717) is 23.0 Å². The van der Waals surface area contributed by atoms with Gasteiger partial charge in [-0.25, -0.2) is 15.0 Å². The molecule has 0 atom stereocenters. The maximum absolute atomic E-state index is 9.94. The summed E-state index contributed by atoms with van der Waals surface area (Å²) in [7, 11) is 0. The average Bonchev–Trinajstić information content (AvgIpc) is 3.93. The normalized spacial score (nSPS) is 11.6. The van der Waals surface area contributed by atoms with Crippen molar-refractivity contribution in [1.82, 2.24) is 28.7 Å². The zero-order chi connectivity index (χ0) is 55.0. The summed E-state index contributed by atoms with van der Waals surface area (Å²) in [6, 6.07) is 103. The molecule has 0 saturated carbocycles. The highest BCUT2D eigenvalue weighted by Crippen LogP contribution is 2.46. The molecule has 12 aromatic carbocycles. The molecule has 16 aromatic rings. The topological polar surface area (TPSA) is 77.2 Å². The van der Waals surface area contributed by atoms with Gasteiger partial charge >= 0.3 is 0 Å². The highest BCUT2D eigenvalue weighted by molar-refractivity contribution is 6.13. The summed E-state index contributed by atoms with van der Waals surface area (Å²) in [6.45, 7) is 0. The summed E-state index contributed by atoms with van der Waals surface area (Å²) >= 11 is 0. The van der Waals surface area contributed by atoms with Gasteiger partial charge in [-0.1, -0.05) is 194 Å². The van der Waals surface area contributed by atoms with Crippen molar-refractivity contribution in [3.63, 3.8) is 0 Å². The number of fused-ring (bicyclic) bond motifs is 9. The Labute approximate surface area is 478 Å². The van der Waals surface area contributed by atoms with Crippen LogP contribution < -0.4 is 0 Å². The van der Waals surface area contributed by atoms with E-state index in [1.165, 1.54) is 21.5 Å². The van der Waals surface area contributed by atoms with Crippen LogP contribution in [0.15, 0.2) is 285 Å². The van der Waals surface area contributed by atoms with Crippen molar-refractivity contribution in [3.05, 3.63) is 291 Å². The first-order valence-electron chi connectivity index (χ1n) is 27.9. The maximum atomic E-state index is 9.94. The molecule has 0 aliphatic carbocycles. The van der Waals surface area contributed by atoms with Gasteiger partial charge in [0.25, 0.3) is 0 Å². The number of benzene rings is 12. The van der Waals surface area contributed by atoms with Gasteiger partial charge in [0.05, 0.1) is 50.4 Å². The van der Waals surface area contributed by atoms with Crippen LogP contribution in [-0.2, 0) is 0 Å². The van der Waals surface area contributed by atoms with Gasteiger partial charge in [-0.15, -0.1) is 0 Å². The minimum absolute atomic E-state index is 0.557. The predicted molar refractivity (Wildman–Crippen MR) is 340 cm³/mol. The molecule has 0 aliphatic rings. The van der Waals surface area contributed by atoms with E-state index < -0.39 is 0 Å². The first-order valence-corrected chi connectivity index (χ1v) is 27.9. The van der Waals surface area contributed by atoms with Crippen molar-refractivity contribution < 1.29 is 0 Å². The van der Waals surface area contributed by atoms with Crippen LogP contribution in [0, 0.1) is 11.3 Å².